The standard InChI is InChI=1S/C24H19ClN2O2/c1-16-8-2-6-12-21(16)26-24(29)23(28)19-15-27(22-13-7-4-10-18(19)22)14-17-9-3-5-11-20(17)25/h2-13,15H,14H2,1H3,(H,26,29). The smallest absolute Gasteiger partial charge is 0.296 e. The van der Waals surface area contributed by atoms with E-state index < -0.39 is 11.7 Å². The zero-order valence-electron chi connectivity index (χ0n) is 15.9. The van der Waals surface area contributed by atoms with Gasteiger partial charge in [0.2, 0.25) is 0 Å². The minimum atomic E-state index is -0.653. The molecule has 4 rings (SSSR count). The van der Waals surface area contributed by atoms with E-state index in [1.807, 2.05) is 78.2 Å². The lowest BCUT2D eigenvalue weighted by Crippen LogP contribution is -2.23. The van der Waals surface area contributed by atoms with Gasteiger partial charge < -0.3 is 9.88 Å². The van der Waals surface area contributed by atoms with E-state index in [1.165, 1.54) is 0 Å². The molecular formula is C24H19ClN2O2. The Labute approximate surface area is 173 Å². The predicted molar refractivity (Wildman–Crippen MR) is 117 cm³/mol. The molecule has 0 aliphatic rings. The number of nitrogens with one attached hydrogen (secondary N) is 1. The molecule has 0 atom stereocenters. The van der Waals surface area contributed by atoms with Crippen molar-refractivity contribution in [2.24, 2.45) is 0 Å². The highest BCUT2D eigenvalue weighted by Crippen LogP contribution is 2.25. The zero-order valence-corrected chi connectivity index (χ0v) is 16.6. The lowest BCUT2D eigenvalue weighted by molar-refractivity contribution is -0.112. The molecule has 5 heteroatoms. The molecule has 1 heterocycles. The number of fused-ring (bicyclic) bond motifs is 1. The predicted octanol–water partition coefficient (Wildman–Crippen LogP) is 5.47. The topological polar surface area (TPSA) is 51.1 Å². The Morgan fingerprint density at radius 1 is 0.931 bits per heavy atom. The minimum absolute atomic E-state index is 0.374. The molecule has 0 aliphatic heterocycles. The average molecular weight is 403 g/mol. The summed E-state index contributed by atoms with van der Waals surface area (Å²) in [6.07, 6.45) is 1.73. The number of halogens is 1. The van der Waals surface area contributed by atoms with E-state index in [-0.39, 0.29) is 0 Å². The van der Waals surface area contributed by atoms with Gasteiger partial charge in [0.25, 0.3) is 11.7 Å². The SMILES string of the molecule is Cc1ccccc1NC(=O)C(=O)c1cn(Cc2ccccc2Cl)c2ccccc12. The van der Waals surface area contributed by atoms with Gasteiger partial charge in [0.15, 0.2) is 0 Å². The first kappa shape index (κ1) is 19.0. The third kappa shape index (κ3) is 3.80. The van der Waals surface area contributed by atoms with E-state index in [0.29, 0.717) is 22.8 Å². The van der Waals surface area contributed by atoms with Gasteiger partial charge in [0.05, 0.1) is 5.56 Å². The van der Waals surface area contributed by atoms with Crippen LogP contribution in [0.4, 0.5) is 5.69 Å². The number of carbonyl (C=O) groups is 2. The van der Waals surface area contributed by atoms with Crippen molar-refractivity contribution < 1.29 is 9.59 Å². The highest BCUT2D eigenvalue weighted by molar-refractivity contribution is 6.48. The molecular weight excluding hydrogens is 384 g/mol. The largest absolute Gasteiger partial charge is 0.342 e. The third-order valence-electron chi connectivity index (χ3n) is 4.93. The number of aromatic nitrogens is 1. The lowest BCUT2D eigenvalue weighted by atomic mass is 10.1. The first-order chi connectivity index (χ1) is 14.0. The Hall–Kier alpha value is -3.37. The maximum atomic E-state index is 13.0. The number of hydrogen-bond donors (Lipinski definition) is 1. The Morgan fingerprint density at radius 3 is 2.41 bits per heavy atom. The second-order valence-electron chi connectivity index (χ2n) is 6.88. The Balaban J connectivity index is 1.69. The summed E-state index contributed by atoms with van der Waals surface area (Å²) in [5, 5.41) is 4.13. The second-order valence-corrected chi connectivity index (χ2v) is 7.28. The molecule has 144 valence electrons. The molecule has 0 radical (unpaired) electrons. The fourth-order valence-corrected chi connectivity index (χ4v) is 3.58. The van der Waals surface area contributed by atoms with E-state index in [9.17, 15) is 9.59 Å². The molecule has 0 saturated heterocycles. The van der Waals surface area contributed by atoms with Gasteiger partial charge in [0, 0.05) is 34.4 Å². The number of hydrogen-bond acceptors (Lipinski definition) is 2. The Bertz CT molecular complexity index is 1230. The van der Waals surface area contributed by atoms with Crippen LogP contribution in [0, 0.1) is 6.92 Å². The molecule has 29 heavy (non-hydrogen) atoms. The summed E-state index contributed by atoms with van der Waals surface area (Å²) in [6, 6.07) is 22.5. The number of amides is 1. The van der Waals surface area contributed by atoms with Gasteiger partial charge in [-0.15, -0.1) is 0 Å². The summed E-state index contributed by atoms with van der Waals surface area (Å²) in [4.78, 5) is 25.6. The first-order valence-corrected chi connectivity index (χ1v) is 9.65. The van der Waals surface area contributed by atoms with Crippen LogP contribution < -0.4 is 5.32 Å². The number of carbonyl (C=O) groups excluding carboxylic acids is 2. The van der Waals surface area contributed by atoms with Gasteiger partial charge in [-0.3, -0.25) is 9.59 Å². The second kappa shape index (κ2) is 7.94. The van der Waals surface area contributed by atoms with E-state index in [2.05, 4.69) is 5.32 Å². The van der Waals surface area contributed by atoms with Crippen molar-refractivity contribution in [2.75, 3.05) is 5.32 Å². The molecule has 0 spiro atoms. The van der Waals surface area contributed by atoms with Crippen molar-refractivity contribution in [3.8, 4) is 0 Å². The van der Waals surface area contributed by atoms with Crippen LogP contribution >= 0.6 is 11.6 Å². The highest BCUT2D eigenvalue weighted by Gasteiger charge is 2.22. The molecule has 0 aliphatic carbocycles. The van der Waals surface area contributed by atoms with Crippen LogP contribution in [0.3, 0.4) is 0 Å². The van der Waals surface area contributed by atoms with Crippen molar-refractivity contribution in [3.63, 3.8) is 0 Å². The third-order valence-corrected chi connectivity index (χ3v) is 5.30. The van der Waals surface area contributed by atoms with Crippen molar-refractivity contribution in [1.29, 1.82) is 0 Å². The number of Topliss-reactive ketones (excluding diaryl/α,β-unsaturated/α-hetero) is 1. The number of rotatable bonds is 5. The highest BCUT2D eigenvalue weighted by atomic mass is 35.5. The van der Waals surface area contributed by atoms with E-state index in [1.54, 1.807) is 12.3 Å². The molecule has 0 unspecified atom stereocenters. The minimum Gasteiger partial charge on any atom is -0.342 e. The maximum Gasteiger partial charge on any atom is 0.296 e. The summed E-state index contributed by atoms with van der Waals surface area (Å²) in [5.41, 5.74) is 3.72. The van der Waals surface area contributed by atoms with Crippen molar-refractivity contribution >= 4 is 39.9 Å². The monoisotopic (exact) mass is 402 g/mol. The van der Waals surface area contributed by atoms with Gasteiger partial charge >= 0.3 is 0 Å². The number of ketones is 1. The molecule has 0 bridgehead atoms. The number of benzene rings is 3. The van der Waals surface area contributed by atoms with Gasteiger partial charge in [-0.25, -0.2) is 0 Å². The normalized spacial score (nSPS) is 10.8. The fourth-order valence-electron chi connectivity index (χ4n) is 3.38. The van der Waals surface area contributed by atoms with Gasteiger partial charge in [-0.2, -0.15) is 0 Å². The van der Waals surface area contributed by atoms with Gasteiger partial charge in [0.1, 0.15) is 0 Å². The lowest BCUT2D eigenvalue weighted by Gasteiger charge is -2.07. The maximum absolute atomic E-state index is 13.0. The number of aryl methyl sites for hydroxylation is 1. The molecule has 3 aromatic carbocycles. The number of para-hydroxylation sites is 2. The van der Waals surface area contributed by atoms with Crippen LogP contribution in [0.25, 0.3) is 10.9 Å². The van der Waals surface area contributed by atoms with Crippen LogP contribution in [0.2, 0.25) is 5.02 Å². The van der Waals surface area contributed by atoms with Crippen LogP contribution in [0.5, 0.6) is 0 Å². The Kier molecular flexibility index (Phi) is 5.19. The van der Waals surface area contributed by atoms with Gasteiger partial charge in [-0.05, 0) is 36.2 Å². The summed E-state index contributed by atoms with van der Waals surface area (Å²) in [5.74, 6) is -1.22. The summed E-state index contributed by atoms with van der Waals surface area (Å²) in [6.45, 7) is 2.39. The molecule has 4 aromatic rings. The van der Waals surface area contributed by atoms with Crippen molar-refractivity contribution in [1.82, 2.24) is 4.57 Å². The molecule has 0 fully saturated rings. The van der Waals surface area contributed by atoms with Crippen LogP contribution in [0.1, 0.15) is 21.5 Å². The van der Waals surface area contributed by atoms with E-state index >= 15 is 0 Å². The van der Waals surface area contributed by atoms with Crippen molar-refractivity contribution in [2.45, 2.75) is 13.5 Å². The molecule has 1 amide bonds. The summed E-state index contributed by atoms with van der Waals surface area (Å²) < 4.78 is 1.95. The summed E-state index contributed by atoms with van der Waals surface area (Å²) in [7, 11) is 0. The fraction of sp³-hybridized carbons (Fsp3) is 0.0833. The summed E-state index contributed by atoms with van der Waals surface area (Å²) >= 11 is 6.31. The number of anilines is 1. The average Bonchev–Trinajstić information content (AvgIpc) is 3.09. The first-order valence-electron chi connectivity index (χ1n) is 9.27. The van der Waals surface area contributed by atoms with Crippen molar-refractivity contribution in [3.05, 3.63) is 101 Å². The Morgan fingerprint density at radius 2 is 1.62 bits per heavy atom. The van der Waals surface area contributed by atoms with E-state index in [4.69, 9.17) is 11.6 Å². The van der Waals surface area contributed by atoms with Crippen LogP contribution in [-0.4, -0.2) is 16.3 Å². The molecule has 1 aromatic heterocycles. The molecule has 1 N–H and O–H groups in total. The van der Waals surface area contributed by atoms with Crippen LogP contribution in [0.15, 0.2) is 79.0 Å². The number of nitrogens with zero attached hydrogens (tertiary/aromatic N) is 1. The molecule has 0 saturated carbocycles. The zero-order chi connectivity index (χ0) is 20.4. The van der Waals surface area contributed by atoms with Gasteiger partial charge in [-0.1, -0.05) is 66.2 Å². The van der Waals surface area contributed by atoms with Crippen LogP contribution in [-0.2, 0) is 11.3 Å². The van der Waals surface area contributed by atoms with E-state index in [0.717, 1.165) is 22.0 Å². The molecule has 4 nitrogen and oxygen atoms in total. The quantitative estimate of drug-likeness (QED) is 0.355.